The molecular formula is C44H48F6N4O8. The highest BCUT2D eigenvalue weighted by molar-refractivity contribution is 5.89. The Hall–Kier alpha value is -6.20. The molecule has 2 saturated heterocycles. The molecule has 0 radical (unpaired) electrons. The van der Waals surface area contributed by atoms with Crippen molar-refractivity contribution in [3.8, 4) is 34.5 Å². The Balaban J connectivity index is 1.38. The number of carbonyl (C=O) groups excluding carboxylic acids is 2. The van der Waals surface area contributed by atoms with Gasteiger partial charge in [-0.1, -0.05) is 24.3 Å². The lowest BCUT2D eigenvalue weighted by Gasteiger charge is -2.41. The van der Waals surface area contributed by atoms with Crippen LogP contribution in [0.5, 0.6) is 34.5 Å². The minimum Gasteiger partial charge on any atom is -0.502 e. The number of para-hydroxylation sites is 2. The van der Waals surface area contributed by atoms with E-state index in [1.807, 2.05) is 0 Å². The zero-order valence-electron chi connectivity index (χ0n) is 34.6. The quantitative estimate of drug-likeness (QED) is 0.138. The highest BCUT2D eigenvalue weighted by Crippen LogP contribution is 2.42. The molecular weight excluding hydrogens is 826 g/mol. The van der Waals surface area contributed by atoms with E-state index in [2.05, 4.69) is 0 Å². The SMILES string of the molecule is COc1cc(C[C@H](C(=O)N2CCN(c3ccccc3C(F)(F)F)CC2)[C@@H](Cc2cc(OC)c(O)c(OC)c2)C(=O)N2CCN(c3ccccc3C(F)(F)F)CC2)cc(OC)c1O. The maximum absolute atomic E-state index is 15.1. The van der Waals surface area contributed by atoms with Gasteiger partial charge >= 0.3 is 12.4 Å². The summed E-state index contributed by atoms with van der Waals surface area (Å²) in [5.41, 5.74) is -0.764. The third kappa shape index (κ3) is 9.79. The number of halogens is 6. The molecule has 0 saturated carbocycles. The molecule has 18 heteroatoms. The normalized spacial score (nSPS) is 15.8. The molecule has 0 unspecified atom stereocenters. The fourth-order valence-electron chi connectivity index (χ4n) is 8.23. The standard InChI is InChI=1S/C44H48F6N4O8/c1-59-35-23-27(24-36(60-2)39(35)55)21-29(41(57)53-17-13-51(14-18-53)33-11-7-5-9-31(33)43(45,46)47)30(22-28-25-37(61-3)40(56)38(26-28)62-4)42(58)54-19-15-52(16-20-54)34-12-8-6-10-32(34)44(48,49)50/h5-12,23-26,29-30,55-56H,13-22H2,1-4H3/t29-,30+. The summed E-state index contributed by atoms with van der Waals surface area (Å²) in [6.07, 6.45) is -9.43. The van der Waals surface area contributed by atoms with E-state index in [4.69, 9.17) is 18.9 Å². The van der Waals surface area contributed by atoms with Crippen molar-refractivity contribution in [3.05, 3.63) is 95.1 Å². The smallest absolute Gasteiger partial charge is 0.418 e. The second-order valence-electron chi connectivity index (χ2n) is 15.0. The zero-order valence-corrected chi connectivity index (χ0v) is 34.6. The van der Waals surface area contributed by atoms with Crippen molar-refractivity contribution in [1.29, 1.82) is 0 Å². The number of ether oxygens (including phenoxy) is 4. The van der Waals surface area contributed by atoms with E-state index in [0.29, 0.717) is 11.1 Å². The Kier molecular flexibility index (Phi) is 13.8. The lowest BCUT2D eigenvalue weighted by molar-refractivity contribution is -0.147. The first kappa shape index (κ1) is 45.3. The lowest BCUT2D eigenvalue weighted by atomic mass is 9.80. The summed E-state index contributed by atoms with van der Waals surface area (Å²) >= 11 is 0. The number of nitrogens with zero attached hydrogens (tertiary/aromatic N) is 4. The van der Waals surface area contributed by atoms with E-state index >= 15 is 9.59 Å². The van der Waals surface area contributed by atoms with Crippen molar-refractivity contribution < 1.29 is 65.1 Å². The number of aromatic hydroxyl groups is 2. The van der Waals surface area contributed by atoms with Crippen molar-refractivity contribution in [3.63, 3.8) is 0 Å². The van der Waals surface area contributed by atoms with Crippen molar-refractivity contribution in [2.75, 3.05) is 90.6 Å². The van der Waals surface area contributed by atoms with Crippen LogP contribution in [0, 0.1) is 11.8 Å². The van der Waals surface area contributed by atoms with Gasteiger partial charge in [0.1, 0.15) is 0 Å². The molecule has 2 aliphatic rings. The summed E-state index contributed by atoms with van der Waals surface area (Å²) in [7, 11) is 5.34. The summed E-state index contributed by atoms with van der Waals surface area (Å²) in [5, 5.41) is 21.5. The third-order valence-electron chi connectivity index (χ3n) is 11.4. The Morgan fingerprint density at radius 2 is 0.823 bits per heavy atom. The molecule has 0 bridgehead atoms. The lowest BCUT2D eigenvalue weighted by Crippen LogP contribution is -2.55. The molecule has 0 spiro atoms. The van der Waals surface area contributed by atoms with Crippen LogP contribution in [0.3, 0.4) is 0 Å². The second kappa shape index (κ2) is 18.8. The number of piperazine rings is 2. The molecule has 2 N–H and O–H groups in total. The number of benzene rings is 4. The Morgan fingerprint density at radius 3 is 1.10 bits per heavy atom. The van der Waals surface area contributed by atoms with Gasteiger partial charge < -0.3 is 48.8 Å². The van der Waals surface area contributed by atoms with Gasteiger partial charge in [0.05, 0.1) is 51.4 Å². The molecule has 0 aliphatic carbocycles. The van der Waals surface area contributed by atoms with Crippen LogP contribution in [-0.4, -0.2) is 113 Å². The van der Waals surface area contributed by atoms with Gasteiger partial charge in [0.2, 0.25) is 23.3 Å². The Morgan fingerprint density at radius 1 is 0.532 bits per heavy atom. The number of phenolic OH excluding ortho intramolecular Hbond substituents is 2. The second-order valence-corrected chi connectivity index (χ2v) is 15.0. The molecule has 2 amide bonds. The van der Waals surface area contributed by atoms with Gasteiger partial charge in [-0.3, -0.25) is 9.59 Å². The molecule has 6 rings (SSSR count). The average Bonchev–Trinajstić information content (AvgIpc) is 3.27. The molecule has 2 heterocycles. The van der Waals surface area contributed by atoms with Crippen molar-refractivity contribution in [1.82, 2.24) is 9.80 Å². The van der Waals surface area contributed by atoms with Gasteiger partial charge in [0, 0.05) is 63.7 Å². The summed E-state index contributed by atoms with van der Waals surface area (Å²) in [5.74, 6) is -3.72. The van der Waals surface area contributed by atoms with Crippen LogP contribution in [0.15, 0.2) is 72.8 Å². The number of anilines is 2. The first-order chi connectivity index (χ1) is 29.5. The van der Waals surface area contributed by atoms with Gasteiger partial charge in [-0.25, -0.2) is 0 Å². The summed E-state index contributed by atoms with van der Waals surface area (Å²) in [6, 6.07) is 16.4. The minimum atomic E-state index is -4.61. The van der Waals surface area contributed by atoms with E-state index in [1.54, 1.807) is 9.80 Å². The van der Waals surface area contributed by atoms with Gasteiger partial charge in [-0.2, -0.15) is 26.3 Å². The first-order valence-electron chi connectivity index (χ1n) is 19.8. The number of alkyl halides is 6. The average molecular weight is 875 g/mol. The zero-order chi connectivity index (χ0) is 44.9. The van der Waals surface area contributed by atoms with Crippen LogP contribution in [0.25, 0.3) is 0 Å². The van der Waals surface area contributed by atoms with Crippen LogP contribution in [0.1, 0.15) is 22.3 Å². The summed E-state index contributed by atoms with van der Waals surface area (Å²) in [4.78, 5) is 36.3. The van der Waals surface area contributed by atoms with Crippen LogP contribution < -0.4 is 28.7 Å². The highest BCUT2D eigenvalue weighted by atomic mass is 19.4. The van der Waals surface area contributed by atoms with Crippen molar-refractivity contribution in [2.24, 2.45) is 11.8 Å². The van der Waals surface area contributed by atoms with E-state index in [0.717, 1.165) is 12.1 Å². The van der Waals surface area contributed by atoms with Gasteiger partial charge in [0.25, 0.3) is 0 Å². The van der Waals surface area contributed by atoms with Crippen LogP contribution in [0.4, 0.5) is 37.7 Å². The molecule has 12 nitrogen and oxygen atoms in total. The number of carbonyl (C=O) groups is 2. The number of rotatable bonds is 13. The predicted octanol–water partition coefficient (Wildman–Crippen LogP) is 6.89. The number of phenols is 2. The molecule has 2 atom stereocenters. The van der Waals surface area contributed by atoms with Gasteiger partial charge in [-0.05, 0) is 72.5 Å². The van der Waals surface area contributed by atoms with Crippen molar-refractivity contribution in [2.45, 2.75) is 25.2 Å². The first-order valence-corrected chi connectivity index (χ1v) is 19.8. The maximum atomic E-state index is 15.1. The van der Waals surface area contributed by atoms with E-state index < -0.39 is 47.1 Å². The molecule has 4 aromatic rings. The molecule has 62 heavy (non-hydrogen) atoms. The summed E-state index contributed by atoms with van der Waals surface area (Å²) < 4.78 is 106. The van der Waals surface area contributed by atoms with Gasteiger partial charge in [0.15, 0.2) is 23.0 Å². The molecule has 334 valence electrons. The number of hydrogen-bond acceptors (Lipinski definition) is 10. The number of methoxy groups -OCH3 is 4. The van der Waals surface area contributed by atoms with Gasteiger partial charge in [-0.15, -0.1) is 0 Å². The fraction of sp³-hybridized carbons (Fsp3) is 0.409. The topological polar surface area (TPSA) is 124 Å². The minimum absolute atomic E-state index is 0.0167. The van der Waals surface area contributed by atoms with Crippen molar-refractivity contribution >= 4 is 23.2 Å². The molecule has 2 fully saturated rings. The monoisotopic (exact) mass is 874 g/mol. The van der Waals surface area contributed by atoms with Crippen LogP contribution >= 0.6 is 0 Å². The highest BCUT2D eigenvalue weighted by Gasteiger charge is 2.42. The Labute approximate surface area is 354 Å². The largest absolute Gasteiger partial charge is 0.502 e. The summed E-state index contributed by atoms with van der Waals surface area (Å²) in [6.45, 7) is 0.284. The maximum Gasteiger partial charge on any atom is 0.418 e. The predicted molar refractivity (Wildman–Crippen MR) is 217 cm³/mol. The van der Waals surface area contributed by atoms with Crippen LogP contribution in [-0.2, 0) is 34.8 Å². The number of hydrogen-bond donors (Lipinski definition) is 2. The third-order valence-corrected chi connectivity index (χ3v) is 11.4. The number of amides is 2. The molecule has 2 aliphatic heterocycles. The van der Waals surface area contributed by atoms with E-state index in [9.17, 15) is 36.6 Å². The van der Waals surface area contributed by atoms with Crippen LogP contribution in [0.2, 0.25) is 0 Å². The van der Waals surface area contributed by atoms with E-state index in [1.165, 1.54) is 98.9 Å². The molecule has 0 aromatic heterocycles. The Bertz CT molecular complexity index is 2020. The molecule has 4 aromatic carbocycles. The fourth-order valence-corrected chi connectivity index (χ4v) is 8.23. The van der Waals surface area contributed by atoms with E-state index in [-0.39, 0.29) is 111 Å².